The SMILES string of the molecule is O=S(=O)(Nc1cccc(Br)c1)c1ccc(-n2c(O)c3c(c2O)[C@@H]2C=CC3C2)cc1. The summed E-state index contributed by atoms with van der Waals surface area (Å²) < 4.78 is 30.0. The van der Waals surface area contributed by atoms with E-state index >= 15 is 0 Å². The Labute approximate surface area is 176 Å². The molecule has 0 saturated carbocycles. The highest BCUT2D eigenvalue weighted by molar-refractivity contribution is 9.10. The molecule has 2 aliphatic carbocycles. The molecule has 8 heteroatoms. The molecule has 3 aromatic rings. The van der Waals surface area contributed by atoms with Crippen LogP contribution in [-0.4, -0.2) is 23.2 Å². The van der Waals surface area contributed by atoms with Crippen LogP contribution in [0.15, 0.2) is 70.1 Å². The number of nitrogens with one attached hydrogen (secondary N) is 1. The molecule has 2 bridgehead atoms. The lowest BCUT2D eigenvalue weighted by atomic mass is 10.0. The number of aromatic hydroxyl groups is 2. The normalized spacial score (nSPS) is 19.5. The van der Waals surface area contributed by atoms with Crippen molar-refractivity contribution in [3.05, 3.63) is 76.3 Å². The number of rotatable bonds is 4. The third-order valence-electron chi connectivity index (χ3n) is 5.50. The Bertz CT molecular complexity index is 1230. The van der Waals surface area contributed by atoms with Crippen LogP contribution in [0.1, 0.15) is 29.4 Å². The van der Waals surface area contributed by atoms with Gasteiger partial charge in [0, 0.05) is 33.1 Å². The molecule has 1 unspecified atom stereocenters. The molecule has 29 heavy (non-hydrogen) atoms. The molecule has 5 rings (SSSR count). The van der Waals surface area contributed by atoms with Crippen molar-refractivity contribution in [3.63, 3.8) is 0 Å². The first kappa shape index (κ1) is 18.3. The molecule has 0 fully saturated rings. The van der Waals surface area contributed by atoms with Gasteiger partial charge in [0.25, 0.3) is 10.0 Å². The van der Waals surface area contributed by atoms with E-state index in [1.807, 2.05) is 6.07 Å². The summed E-state index contributed by atoms with van der Waals surface area (Å²) in [6.45, 7) is 0. The van der Waals surface area contributed by atoms with Crippen LogP contribution in [0.5, 0.6) is 11.8 Å². The molecule has 0 saturated heterocycles. The maximum absolute atomic E-state index is 12.7. The van der Waals surface area contributed by atoms with Gasteiger partial charge in [0.2, 0.25) is 11.8 Å². The third-order valence-corrected chi connectivity index (χ3v) is 7.39. The molecule has 0 radical (unpaired) electrons. The predicted octanol–water partition coefficient (Wildman–Crippen LogP) is 4.59. The van der Waals surface area contributed by atoms with Crippen LogP contribution in [-0.2, 0) is 10.0 Å². The molecule has 3 N–H and O–H groups in total. The van der Waals surface area contributed by atoms with Gasteiger partial charge >= 0.3 is 0 Å². The Hall–Kier alpha value is -2.71. The summed E-state index contributed by atoms with van der Waals surface area (Å²) >= 11 is 3.32. The van der Waals surface area contributed by atoms with E-state index in [9.17, 15) is 18.6 Å². The Balaban J connectivity index is 1.47. The van der Waals surface area contributed by atoms with Gasteiger partial charge in [0.15, 0.2) is 0 Å². The van der Waals surface area contributed by atoms with Gasteiger partial charge in [-0.25, -0.2) is 8.42 Å². The van der Waals surface area contributed by atoms with Gasteiger partial charge in [0.05, 0.1) is 10.6 Å². The lowest BCUT2D eigenvalue weighted by Gasteiger charge is -2.12. The van der Waals surface area contributed by atoms with Gasteiger partial charge < -0.3 is 10.2 Å². The molecule has 2 aliphatic rings. The maximum Gasteiger partial charge on any atom is 0.261 e. The fourth-order valence-corrected chi connectivity index (χ4v) is 5.67. The first-order chi connectivity index (χ1) is 13.8. The number of fused-ring (bicyclic) bond motifs is 5. The predicted molar refractivity (Wildman–Crippen MR) is 113 cm³/mol. The van der Waals surface area contributed by atoms with Crippen molar-refractivity contribution < 1.29 is 18.6 Å². The van der Waals surface area contributed by atoms with E-state index < -0.39 is 10.0 Å². The average molecular weight is 473 g/mol. The molecule has 1 heterocycles. The van der Waals surface area contributed by atoms with Crippen LogP contribution in [0, 0.1) is 0 Å². The summed E-state index contributed by atoms with van der Waals surface area (Å²) in [7, 11) is -3.77. The number of halogens is 1. The van der Waals surface area contributed by atoms with Crippen LogP contribution in [0.25, 0.3) is 5.69 Å². The quantitative estimate of drug-likeness (QED) is 0.484. The number of nitrogens with zero attached hydrogens (tertiary/aromatic N) is 1. The largest absolute Gasteiger partial charge is 0.494 e. The van der Waals surface area contributed by atoms with Crippen LogP contribution in [0.2, 0.25) is 0 Å². The summed E-state index contributed by atoms with van der Waals surface area (Å²) in [6.07, 6.45) is 4.99. The molecule has 2 atom stereocenters. The number of allylic oxidation sites excluding steroid dienone is 2. The fraction of sp³-hybridized carbons (Fsp3) is 0.143. The monoisotopic (exact) mass is 472 g/mol. The Kier molecular flexibility index (Phi) is 4.04. The molecule has 148 valence electrons. The highest BCUT2D eigenvalue weighted by Gasteiger charge is 2.41. The summed E-state index contributed by atoms with van der Waals surface area (Å²) in [6, 6.07) is 12.9. The minimum Gasteiger partial charge on any atom is -0.494 e. The smallest absolute Gasteiger partial charge is 0.261 e. The second-order valence-electron chi connectivity index (χ2n) is 7.25. The van der Waals surface area contributed by atoms with Crippen LogP contribution < -0.4 is 4.72 Å². The molecule has 0 amide bonds. The highest BCUT2D eigenvalue weighted by atomic mass is 79.9. The van der Waals surface area contributed by atoms with E-state index in [-0.39, 0.29) is 28.5 Å². The van der Waals surface area contributed by atoms with Crippen molar-refractivity contribution in [3.8, 4) is 17.4 Å². The van der Waals surface area contributed by atoms with Gasteiger partial charge in [-0.2, -0.15) is 0 Å². The van der Waals surface area contributed by atoms with Gasteiger partial charge in [-0.15, -0.1) is 0 Å². The summed E-state index contributed by atoms with van der Waals surface area (Å²) in [5.41, 5.74) is 2.48. The Morgan fingerprint density at radius 3 is 2.17 bits per heavy atom. The Morgan fingerprint density at radius 2 is 1.59 bits per heavy atom. The topological polar surface area (TPSA) is 91.6 Å². The van der Waals surface area contributed by atoms with E-state index in [0.29, 0.717) is 11.4 Å². The van der Waals surface area contributed by atoms with Crippen molar-refractivity contribution in [1.82, 2.24) is 4.57 Å². The maximum atomic E-state index is 12.7. The zero-order valence-corrected chi connectivity index (χ0v) is 17.5. The highest BCUT2D eigenvalue weighted by Crippen LogP contribution is 2.57. The summed E-state index contributed by atoms with van der Waals surface area (Å²) in [5, 5.41) is 21.4. The van der Waals surface area contributed by atoms with Gasteiger partial charge in [-0.1, -0.05) is 34.1 Å². The Morgan fingerprint density at radius 1 is 0.966 bits per heavy atom. The van der Waals surface area contributed by atoms with E-state index in [1.165, 1.54) is 16.7 Å². The van der Waals surface area contributed by atoms with Gasteiger partial charge in [0.1, 0.15) is 0 Å². The molecule has 6 nitrogen and oxygen atoms in total. The van der Waals surface area contributed by atoms with Gasteiger partial charge in [-0.05, 0) is 48.9 Å². The van der Waals surface area contributed by atoms with Crippen molar-refractivity contribution in [2.24, 2.45) is 0 Å². The zero-order valence-electron chi connectivity index (χ0n) is 15.1. The van der Waals surface area contributed by atoms with Crippen molar-refractivity contribution in [2.75, 3.05) is 4.72 Å². The number of aromatic nitrogens is 1. The summed E-state index contributed by atoms with van der Waals surface area (Å²) in [5.74, 6) is 0.266. The molecule has 2 aromatic carbocycles. The number of anilines is 1. The first-order valence-electron chi connectivity index (χ1n) is 9.09. The minimum atomic E-state index is -3.77. The lowest BCUT2D eigenvalue weighted by Crippen LogP contribution is -2.13. The van der Waals surface area contributed by atoms with Crippen LogP contribution in [0.3, 0.4) is 0 Å². The summed E-state index contributed by atoms with van der Waals surface area (Å²) in [4.78, 5) is 0.0849. The van der Waals surface area contributed by atoms with E-state index in [4.69, 9.17) is 0 Å². The van der Waals surface area contributed by atoms with Crippen LogP contribution in [0.4, 0.5) is 5.69 Å². The third kappa shape index (κ3) is 2.86. The first-order valence-corrected chi connectivity index (χ1v) is 11.4. The number of hydrogen-bond acceptors (Lipinski definition) is 4. The van der Waals surface area contributed by atoms with Crippen LogP contribution >= 0.6 is 15.9 Å². The van der Waals surface area contributed by atoms with E-state index in [2.05, 4.69) is 32.8 Å². The van der Waals surface area contributed by atoms with Crippen molar-refractivity contribution in [2.45, 2.75) is 23.2 Å². The molecular formula is C21H17BrN2O4S. The average Bonchev–Trinajstić information content (AvgIpc) is 3.35. The van der Waals surface area contributed by atoms with E-state index in [1.54, 1.807) is 30.3 Å². The second kappa shape index (κ2) is 6.40. The molecular weight excluding hydrogens is 456 g/mol. The molecule has 1 aromatic heterocycles. The number of hydrogen-bond donors (Lipinski definition) is 3. The standard InChI is InChI=1S/C21H17BrN2O4S/c22-14-2-1-3-15(11-14)23-29(27,28)17-8-6-16(7-9-17)24-20(25)18-12-4-5-13(10-12)19(18)21(24)26/h1-9,11-13,23,25-26H,10H2/t12-,13?/m1/s1. The molecule has 0 spiro atoms. The fourth-order valence-electron chi connectivity index (χ4n) is 4.23. The molecule has 0 aliphatic heterocycles. The lowest BCUT2D eigenvalue weighted by molar-refractivity contribution is 0.395. The number of benzene rings is 2. The van der Waals surface area contributed by atoms with E-state index in [0.717, 1.165) is 22.0 Å². The van der Waals surface area contributed by atoms with Crippen molar-refractivity contribution in [1.29, 1.82) is 0 Å². The number of sulfonamides is 1. The second-order valence-corrected chi connectivity index (χ2v) is 9.85. The van der Waals surface area contributed by atoms with Gasteiger partial charge in [-0.3, -0.25) is 9.29 Å². The van der Waals surface area contributed by atoms with Crippen molar-refractivity contribution >= 4 is 31.6 Å². The minimum absolute atomic E-state index is 0.0113. The zero-order chi connectivity index (χ0) is 20.3.